The van der Waals surface area contributed by atoms with E-state index in [0.717, 1.165) is 22.1 Å². The SMILES string of the molecule is Cc1ccc(S(=O)(=O)N[C@@H](C)c2cc3ccccc3o2)c(C)c1. The Morgan fingerprint density at radius 1 is 1.04 bits per heavy atom. The summed E-state index contributed by atoms with van der Waals surface area (Å²) in [6.07, 6.45) is 0. The summed E-state index contributed by atoms with van der Waals surface area (Å²) in [5, 5.41) is 0.958. The minimum Gasteiger partial charge on any atom is -0.459 e. The lowest BCUT2D eigenvalue weighted by Crippen LogP contribution is -2.27. The van der Waals surface area contributed by atoms with E-state index >= 15 is 0 Å². The summed E-state index contributed by atoms with van der Waals surface area (Å²) < 4.78 is 33.6. The molecule has 23 heavy (non-hydrogen) atoms. The summed E-state index contributed by atoms with van der Waals surface area (Å²) >= 11 is 0. The van der Waals surface area contributed by atoms with Crippen LogP contribution in [0.4, 0.5) is 0 Å². The third-order valence-electron chi connectivity index (χ3n) is 3.82. The average molecular weight is 329 g/mol. The van der Waals surface area contributed by atoms with Gasteiger partial charge in [-0.3, -0.25) is 0 Å². The number of sulfonamides is 1. The highest BCUT2D eigenvalue weighted by Crippen LogP contribution is 2.25. The Kier molecular flexibility index (Phi) is 4.00. The lowest BCUT2D eigenvalue weighted by atomic mass is 10.2. The molecule has 0 unspecified atom stereocenters. The molecule has 120 valence electrons. The second kappa shape index (κ2) is 5.83. The molecule has 3 rings (SSSR count). The molecule has 0 aliphatic rings. The van der Waals surface area contributed by atoms with Crippen LogP contribution in [0.2, 0.25) is 0 Å². The Bertz CT molecular complexity index is 924. The fourth-order valence-corrected chi connectivity index (χ4v) is 4.11. The lowest BCUT2D eigenvalue weighted by Gasteiger charge is -2.14. The van der Waals surface area contributed by atoms with E-state index in [1.54, 1.807) is 26.0 Å². The van der Waals surface area contributed by atoms with Crippen LogP contribution in [0.1, 0.15) is 29.9 Å². The highest BCUT2D eigenvalue weighted by molar-refractivity contribution is 7.89. The van der Waals surface area contributed by atoms with Gasteiger partial charge >= 0.3 is 0 Å². The zero-order valence-electron chi connectivity index (χ0n) is 13.3. The van der Waals surface area contributed by atoms with Gasteiger partial charge in [-0.1, -0.05) is 35.9 Å². The van der Waals surface area contributed by atoms with Crippen LogP contribution in [0.5, 0.6) is 0 Å². The van der Waals surface area contributed by atoms with Gasteiger partial charge in [0, 0.05) is 5.39 Å². The van der Waals surface area contributed by atoms with Crippen molar-refractivity contribution in [2.75, 3.05) is 0 Å². The molecular weight excluding hydrogens is 310 g/mol. The second-order valence-corrected chi connectivity index (χ2v) is 7.48. The standard InChI is InChI=1S/C18H19NO3S/c1-12-8-9-18(13(2)10-12)23(20,21)19-14(3)17-11-15-6-4-5-7-16(15)22-17/h4-11,14,19H,1-3H3/t14-/m0/s1. The van der Waals surface area contributed by atoms with Crippen molar-refractivity contribution in [1.82, 2.24) is 4.72 Å². The number of nitrogens with one attached hydrogen (secondary N) is 1. The van der Waals surface area contributed by atoms with E-state index in [1.807, 2.05) is 43.3 Å². The molecule has 0 spiro atoms. The highest BCUT2D eigenvalue weighted by Gasteiger charge is 2.22. The van der Waals surface area contributed by atoms with E-state index in [0.29, 0.717) is 10.7 Å². The van der Waals surface area contributed by atoms with Crippen molar-refractivity contribution in [3.05, 3.63) is 65.4 Å². The van der Waals surface area contributed by atoms with Crippen molar-refractivity contribution in [3.63, 3.8) is 0 Å². The molecular formula is C18H19NO3S. The Hall–Kier alpha value is -2.11. The number of hydrogen-bond donors (Lipinski definition) is 1. The fraction of sp³-hybridized carbons (Fsp3) is 0.222. The van der Waals surface area contributed by atoms with Gasteiger partial charge in [-0.2, -0.15) is 0 Å². The van der Waals surface area contributed by atoms with Crippen LogP contribution in [0.3, 0.4) is 0 Å². The number of furan rings is 1. The molecule has 0 aliphatic heterocycles. The normalized spacial score (nSPS) is 13.3. The molecule has 3 aromatic rings. The average Bonchev–Trinajstić information content (AvgIpc) is 2.90. The van der Waals surface area contributed by atoms with Crippen LogP contribution in [-0.4, -0.2) is 8.42 Å². The van der Waals surface area contributed by atoms with Gasteiger partial charge in [-0.25, -0.2) is 13.1 Å². The van der Waals surface area contributed by atoms with Crippen molar-refractivity contribution >= 4 is 21.0 Å². The van der Waals surface area contributed by atoms with Crippen LogP contribution < -0.4 is 4.72 Å². The molecule has 0 amide bonds. The first-order valence-corrected chi connectivity index (χ1v) is 8.93. The van der Waals surface area contributed by atoms with Gasteiger partial charge in [0.05, 0.1) is 10.9 Å². The smallest absolute Gasteiger partial charge is 0.241 e. The topological polar surface area (TPSA) is 59.3 Å². The summed E-state index contributed by atoms with van der Waals surface area (Å²) in [5.41, 5.74) is 2.51. The molecule has 4 nitrogen and oxygen atoms in total. The molecule has 2 aromatic carbocycles. The van der Waals surface area contributed by atoms with Gasteiger partial charge in [0.25, 0.3) is 0 Å². The Balaban J connectivity index is 1.90. The Labute approximate surface area is 136 Å². The summed E-state index contributed by atoms with van der Waals surface area (Å²) in [6, 6.07) is 14.3. The maximum absolute atomic E-state index is 12.6. The number of fused-ring (bicyclic) bond motifs is 1. The number of hydrogen-bond acceptors (Lipinski definition) is 3. The van der Waals surface area contributed by atoms with Crippen molar-refractivity contribution in [1.29, 1.82) is 0 Å². The van der Waals surface area contributed by atoms with Crippen molar-refractivity contribution in [2.24, 2.45) is 0 Å². The molecule has 0 fully saturated rings. The Morgan fingerprint density at radius 3 is 2.48 bits per heavy atom. The van der Waals surface area contributed by atoms with Crippen LogP contribution >= 0.6 is 0 Å². The number of rotatable bonds is 4. The molecule has 0 aliphatic carbocycles. The van der Waals surface area contributed by atoms with E-state index in [1.165, 1.54) is 0 Å². The van der Waals surface area contributed by atoms with E-state index in [2.05, 4.69) is 4.72 Å². The van der Waals surface area contributed by atoms with Crippen LogP contribution in [0.15, 0.2) is 57.8 Å². The fourth-order valence-electron chi connectivity index (χ4n) is 2.67. The monoisotopic (exact) mass is 329 g/mol. The van der Waals surface area contributed by atoms with E-state index in [4.69, 9.17) is 4.42 Å². The molecule has 5 heteroatoms. The molecule has 1 N–H and O–H groups in total. The van der Waals surface area contributed by atoms with Crippen molar-refractivity contribution < 1.29 is 12.8 Å². The van der Waals surface area contributed by atoms with E-state index < -0.39 is 16.1 Å². The summed E-state index contributed by atoms with van der Waals surface area (Å²) in [4.78, 5) is 0.297. The second-order valence-electron chi connectivity index (χ2n) is 5.80. The van der Waals surface area contributed by atoms with Gasteiger partial charge in [0.2, 0.25) is 10.0 Å². The summed E-state index contributed by atoms with van der Waals surface area (Å²) in [6.45, 7) is 5.51. The van der Waals surface area contributed by atoms with Crippen LogP contribution in [-0.2, 0) is 10.0 Å². The first-order valence-electron chi connectivity index (χ1n) is 7.45. The third-order valence-corrected chi connectivity index (χ3v) is 5.52. The van der Waals surface area contributed by atoms with Gasteiger partial charge in [-0.15, -0.1) is 0 Å². The third kappa shape index (κ3) is 3.16. The predicted octanol–water partition coefficient (Wildman–Crippen LogP) is 4.09. The van der Waals surface area contributed by atoms with Crippen LogP contribution in [0.25, 0.3) is 11.0 Å². The van der Waals surface area contributed by atoms with Crippen molar-refractivity contribution in [3.8, 4) is 0 Å². The van der Waals surface area contributed by atoms with Crippen molar-refractivity contribution in [2.45, 2.75) is 31.7 Å². The van der Waals surface area contributed by atoms with E-state index in [9.17, 15) is 8.42 Å². The zero-order chi connectivity index (χ0) is 16.6. The molecule has 0 radical (unpaired) electrons. The minimum absolute atomic E-state index is 0.297. The summed E-state index contributed by atoms with van der Waals surface area (Å²) in [7, 11) is -3.60. The van der Waals surface area contributed by atoms with E-state index in [-0.39, 0.29) is 0 Å². The number of para-hydroxylation sites is 1. The number of aryl methyl sites for hydroxylation is 2. The quantitative estimate of drug-likeness (QED) is 0.784. The molecule has 0 saturated heterocycles. The van der Waals surface area contributed by atoms with Crippen LogP contribution in [0, 0.1) is 13.8 Å². The molecule has 1 heterocycles. The molecule has 0 bridgehead atoms. The van der Waals surface area contributed by atoms with Gasteiger partial charge in [0.1, 0.15) is 11.3 Å². The maximum Gasteiger partial charge on any atom is 0.241 e. The molecule has 0 saturated carbocycles. The predicted molar refractivity (Wildman–Crippen MR) is 90.9 cm³/mol. The highest BCUT2D eigenvalue weighted by atomic mass is 32.2. The first kappa shape index (κ1) is 15.8. The molecule has 1 atom stereocenters. The molecule has 1 aromatic heterocycles. The van der Waals surface area contributed by atoms with Gasteiger partial charge in [0.15, 0.2) is 0 Å². The zero-order valence-corrected chi connectivity index (χ0v) is 14.1. The minimum atomic E-state index is -3.60. The Morgan fingerprint density at radius 2 is 1.78 bits per heavy atom. The van der Waals surface area contributed by atoms with Gasteiger partial charge < -0.3 is 4.42 Å². The lowest BCUT2D eigenvalue weighted by molar-refractivity contribution is 0.484. The number of benzene rings is 2. The first-order chi connectivity index (χ1) is 10.9. The summed E-state index contributed by atoms with van der Waals surface area (Å²) in [5.74, 6) is 0.597. The largest absolute Gasteiger partial charge is 0.459 e. The maximum atomic E-state index is 12.6. The van der Waals surface area contributed by atoms with Gasteiger partial charge in [-0.05, 0) is 44.5 Å².